The van der Waals surface area contributed by atoms with E-state index in [1.54, 1.807) is 0 Å². The van der Waals surface area contributed by atoms with Crippen LogP contribution in [0.4, 0.5) is 0 Å². The maximum atomic E-state index is 11.4. The van der Waals surface area contributed by atoms with Gasteiger partial charge < -0.3 is 10.6 Å². The maximum Gasteiger partial charge on any atom is 0.222 e. The van der Waals surface area contributed by atoms with E-state index >= 15 is 0 Å². The van der Waals surface area contributed by atoms with Crippen molar-refractivity contribution in [1.29, 1.82) is 0 Å². The molecule has 2 unspecified atom stereocenters. The van der Waals surface area contributed by atoms with Crippen molar-refractivity contribution in [2.24, 2.45) is 5.92 Å². The van der Waals surface area contributed by atoms with Gasteiger partial charge in [0.2, 0.25) is 5.91 Å². The molecule has 0 aliphatic carbocycles. The molecule has 3 nitrogen and oxygen atoms in total. The molecular formula is C10H20N2O. The molecule has 0 aromatic carbocycles. The van der Waals surface area contributed by atoms with Gasteiger partial charge in [-0.3, -0.25) is 4.79 Å². The van der Waals surface area contributed by atoms with Crippen LogP contribution in [0.1, 0.15) is 33.6 Å². The van der Waals surface area contributed by atoms with Crippen molar-refractivity contribution in [3.8, 4) is 0 Å². The number of amides is 1. The number of hydrogen-bond donors (Lipinski definition) is 2. The fraction of sp³-hybridized carbons (Fsp3) is 0.900. The average Bonchev–Trinajstić information content (AvgIpc) is 2.08. The monoisotopic (exact) mass is 184 g/mol. The summed E-state index contributed by atoms with van der Waals surface area (Å²) in [6, 6.07) is 0.943. The summed E-state index contributed by atoms with van der Waals surface area (Å²) in [5.74, 6) is 0.265. The molecule has 0 radical (unpaired) electrons. The van der Waals surface area contributed by atoms with Crippen molar-refractivity contribution in [2.45, 2.75) is 45.7 Å². The summed E-state index contributed by atoms with van der Waals surface area (Å²) in [5.41, 5.74) is 0. The maximum absolute atomic E-state index is 11.4. The minimum absolute atomic E-state index is 0.0966. The Morgan fingerprint density at radius 1 is 1.46 bits per heavy atom. The predicted octanol–water partition coefficient (Wildman–Crippen LogP) is 0.899. The third kappa shape index (κ3) is 3.35. The Hall–Kier alpha value is -0.570. The van der Waals surface area contributed by atoms with E-state index < -0.39 is 0 Å². The molecule has 1 amide bonds. The van der Waals surface area contributed by atoms with Gasteiger partial charge in [-0.05, 0) is 19.8 Å². The number of hydrogen-bond acceptors (Lipinski definition) is 2. The normalized spacial score (nSPS) is 28.9. The largest absolute Gasteiger partial charge is 0.352 e. The number of rotatable bonds is 2. The van der Waals surface area contributed by atoms with Crippen LogP contribution in [0.3, 0.4) is 0 Å². The first-order valence-electron chi connectivity index (χ1n) is 5.13. The van der Waals surface area contributed by atoms with E-state index in [4.69, 9.17) is 0 Å². The predicted molar refractivity (Wildman–Crippen MR) is 53.5 cm³/mol. The summed E-state index contributed by atoms with van der Waals surface area (Å²) < 4.78 is 0. The van der Waals surface area contributed by atoms with Crippen LogP contribution in [-0.4, -0.2) is 24.5 Å². The third-order valence-electron chi connectivity index (χ3n) is 2.53. The molecule has 2 N–H and O–H groups in total. The van der Waals surface area contributed by atoms with Crippen LogP contribution in [0.2, 0.25) is 0 Å². The molecule has 0 spiro atoms. The van der Waals surface area contributed by atoms with Gasteiger partial charge in [0.1, 0.15) is 0 Å². The Labute approximate surface area is 80.3 Å². The van der Waals surface area contributed by atoms with Crippen molar-refractivity contribution in [1.82, 2.24) is 10.6 Å². The standard InChI is InChI=1S/C10H20N2O/c1-7(2)10(13)12-9-5-4-8(3)11-6-9/h7-9,11H,4-6H2,1-3H3,(H,12,13). The highest BCUT2D eigenvalue weighted by Crippen LogP contribution is 2.07. The minimum Gasteiger partial charge on any atom is -0.352 e. The second-order valence-electron chi connectivity index (χ2n) is 4.25. The lowest BCUT2D eigenvalue weighted by molar-refractivity contribution is -0.124. The smallest absolute Gasteiger partial charge is 0.222 e. The SMILES string of the molecule is CC1CCC(NC(=O)C(C)C)CN1. The van der Waals surface area contributed by atoms with Crippen LogP contribution >= 0.6 is 0 Å². The summed E-state index contributed by atoms with van der Waals surface area (Å²) in [4.78, 5) is 11.4. The van der Waals surface area contributed by atoms with Crippen LogP contribution in [0.15, 0.2) is 0 Å². The minimum atomic E-state index is 0.0966. The molecule has 3 heteroatoms. The molecule has 0 aromatic heterocycles. The summed E-state index contributed by atoms with van der Waals surface area (Å²) >= 11 is 0. The lowest BCUT2D eigenvalue weighted by Gasteiger charge is -2.28. The van der Waals surface area contributed by atoms with Crippen LogP contribution < -0.4 is 10.6 Å². The molecule has 1 aliphatic heterocycles. The Morgan fingerprint density at radius 2 is 2.15 bits per heavy atom. The molecule has 1 heterocycles. The molecule has 2 atom stereocenters. The Morgan fingerprint density at radius 3 is 2.62 bits per heavy atom. The molecule has 76 valence electrons. The van der Waals surface area contributed by atoms with Gasteiger partial charge in [0, 0.05) is 24.5 Å². The van der Waals surface area contributed by atoms with Crippen LogP contribution in [-0.2, 0) is 4.79 Å². The lowest BCUT2D eigenvalue weighted by Crippen LogP contribution is -2.49. The second-order valence-corrected chi connectivity index (χ2v) is 4.25. The van der Waals surface area contributed by atoms with Crippen LogP contribution in [0, 0.1) is 5.92 Å². The van der Waals surface area contributed by atoms with E-state index in [2.05, 4.69) is 17.6 Å². The van der Waals surface area contributed by atoms with Gasteiger partial charge in [0.05, 0.1) is 0 Å². The van der Waals surface area contributed by atoms with Crippen LogP contribution in [0.25, 0.3) is 0 Å². The fourth-order valence-corrected chi connectivity index (χ4v) is 1.49. The van der Waals surface area contributed by atoms with Gasteiger partial charge in [-0.2, -0.15) is 0 Å². The van der Waals surface area contributed by atoms with Gasteiger partial charge >= 0.3 is 0 Å². The number of nitrogens with one attached hydrogen (secondary N) is 2. The molecule has 1 fully saturated rings. The van der Waals surface area contributed by atoms with Gasteiger partial charge in [0.25, 0.3) is 0 Å². The Balaban J connectivity index is 2.26. The van der Waals surface area contributed by atoms with E-state index in [9.17, 15) is 4.79 Å². The Kier molecular flexibility index (Phi) is 3.72. The van der Waals surface area contributed by atoms with Gasteiger partial charge in [0.15, 0.2) is 0 Å². The summed E-state index contributed by atoms with van der Waals surface area (Å²) in [5, 5.41) is 6.40. The highest BCUT2D eigenvalue weighted by atomic mass is 16.1. The van der Waals surface area contributed by atoms with E-state index in [1.165, 1.54) is 0 Å². The van der Waals surface area contributed by atoms with Crippen molar-refractivity contribution >= 4 is 5.91 Å². The Bertz CT molecular complexity index is 172. The van der Waals surface area contributed by atoms with Crippen molar-refractivity contribution in [3.05, 3.63) is 0 Å². The van der Waals surface area contributed by atoms with E-state index in [-0.39, 0.29) is 11.8 Å². The molecule has 1 saturated heterocycles. The molecule has 1 rings (SSSR count). The zero-order valence-electron chi connectivity index (χ0n) is 8.76. The number of piperidine rings is 1. The summed E-state index contributed by atoms with van der Waals surface area (Å²) in [6.07, 6.45) is 2.26. The average molecular weight is 184 g/mol. The third-order valence-corrected chi connectivity index (χ3v) is 2.53. The first kappa shape index (κ1) is 10.5. The van der Waals surface area contributed by atoms with Gasteiger partial charge in [-0.25, -0.2) is 0 Å². The molecule has 0 aromatic rings. The molecule has 0 bridgehead atoms. The quantitative estimate of drug-likeness (QED) is 0.669. The van der Waals surface area contributed by atoms with Crippen molar-refractivity contribution < 1.29 is 4.79 Å². The number of carbonyl (C=O) groups excluding carboxylic acids is 1. The van der Waals surface area contributed by atoms with Crippen molar-refractivity contribution in [2.75, 3.05) is 6.54 Å². The van der Waals surface area contributed by atoms with Crippen LogP contribution in [0.5, 0.6) is 0 Å². The highest BCUT2D eigenvalue weighted by molar-refractivity contribution is 5.78. The fourth-order valence-electron chi connectivity index (χ4n) is 1.49. The summed E-state index contributed by atoms with van der Waals surface area (Å²) in [7, 11) is 0. The van der Waals surface area contributed by atoms with E-state index in [0.717, 1.165) is 19.4 Å². The highest BCUT2D eigenvalue weighted by Gasteiger charge is 2.19. The molecule has 1 aliphatic rings. The topological polar surface area (TPSA) is 41.1 Å². The van der Waals surface area contributed by atoms with E-state index in [0.29, 0.717) is 12.1 Å². The zero-order valence-corrected chi connectivity index (χ0v) is 8.76. The van der Waals surface area contributed by atoms with Gasteiger partial charge in [-0.1, -0.05) is 13.8 Å². The lowest BCUT2D eigenvalue weighted by atomic mass is 10.0. The van der Waals surface area contributed by atoms with Gasteiger partial charge in [-0.15, -0.1) is 0 Å². The zero-order chi connectivity index (χ0) is 9.84. The molecular weight excluding hydrogens is 164 g/mol. The molecule has 13 heavy (non-hydrogen) atoms. The first-order valence-corrected chi connectivity index (χ1v) is 5.13. The van der Waals surface area contributed by atoms with E-state index in [1.807, 2.05) is 13.8 Å². The summed E-state index contributed by atoms with van der Waals surface area (Å²) in [6.45, 7) is 6.95. The first-order chi connectivity index (χ1) is 6.09. The second kappa shape index (κ2) is 4.61. The van der Waals surface area contributed by atoms with Crippen molar-refractivity contribution in [3.63, 3.8) is 0 Å². The molecule has 0 saturated carbocycles. The number of carbonyl (C=O) groups is 1.